The van der Waals surface area contributed by atoms with Gasteiger partial charge in [0.1, 0.15) is 0 Å². The number of hydrogen-bond donors (Lipinski definition) is 1. The molecule has 0 aromatic heterocycles. The SMILES string of the molecule is CCCCP(O)CCCC.[CH3][Ir]([Cl])([Cl])[C]1=CC=CC1. The molecule has 1 N–H and O–H groups in total. The van der Waals surface area contributed by atoms with Crippen molar-refractivity contribution in [3.8, 4) is 0 Å². The fourth-order valence-electron chi connectivity index (χ4n) is 1.42. The molecule has 1 aliphatic carbocycles. The summed E-state index contributed by atoms with van der Waals surface area (Å²) in [5, 5.41) is 0. The third-order valence-corrected chi connectivity index (χ3v) is 10.5. The Bertz CT molecular complexity index is 280. The Labute approximate surface area is 131 Å². The molecule has 0 spiro atoms. The first kappa shape index (κ1) is 20.1. The number of rotatable bonds is 7. The van der Waals surface area contributed by atoms with Crippen LogP contribution in [0, 0.1) is 0 Å². The zero-order valence-corrected chi connectivity index (χ0v) is 17.0. The van der Waals surface area contributed by atoms with Gasteiger partial charge >= 0.3 is 66.6 Å². The van der Waals surface area contributed by atoms with Crippen LogP contribution in [0.3, 0.4) is 0 Å². The number of hydrogen-bond acceptors (Lipinski definition) is 1. The van der Waals surface area contributed by atoms with Crippen molar-refractivity contribution in [2.45, 2.75) is 51.4 Å². The van der Waals surface area contributed by atoms with E-state index in [1.165, 1.54) is 29.8 Å². The van der Waals surface area contributed by atoms with E-state index in [2.05, 4.69) is 19.9 Å². The average molecular weight is 505 g/mol. The summed E-state index contributed by atoms with van der Waals surface area (Å²) in [6.45, 7) is 4.34. The van der Waals surface area contributed by atoms with Crippen molar-refractivity contribution in [3.63, 3.8) is 0 Å². The van der Waals surface area contributed by atoms with Gasteiger partial charge in [-0.05, 0) is 25.2 Å². The summed E-state index contributed by atoms with van der Waals surface area (Å²) in [5.74, 6) is 0. The van der Waals surface area contributed by atoms with E-state index < -0.39 is 21.4 Å². The molecule has 0 heterocycles. The van der Waals surface area contributed by atoms with E-state index in [1.807, 2.05) is 17.6 Å². The minimum absolute atomic E-state index is 0.592. The van der Waals surface area contributed by atoms with Crippen LogP contribution in [0.4, 0.5) is 0 Å². The molecule has 0 fully saturated rings. The first-order valence-electron chi connectivity index (χ1n) is 6.72. The van der Waals surface area contributed by atoms with Gasteiger partial charge in [-0.15, -0.1) is 0 Å². The molecule has 0 radical (unpaired) electrons. The molecule has 0 unspecified atom stereocenters. The van der Waals surface area contributed by atoms with Crippen LogP contribution in [-0.4, -0.2) is 17.2 Å². The molecule has 0 amide bonds. The summed E-state index contributed by atoms with van der Waals surface area (Å²) in [6, 6.07) is 0. The van der Waals surface area contributed by atoms with Gasteiger partial charge in [-0.1, -0.05) is 26.7 Å². The molecule has 0 aromatic rings. The van der Waals surface area contributed by atoms with Gasteiger partial charge in [-0.3, -0.25) is 0 Å². The van der Waals surface area contributed by atoms with E-state index in [1.54, 1.807) is 0 Å². The second kappa shape index (κ2) is 11.7. The van der Waals surface area contributed by atoms with Gasteiger partial charge in [0.2, 0.25) is 0 Å². The van der Waals surface area contributed by atoms with E-state index in [-0.39, 0.29) is 0 Å². The van der Waals surface area contributed by atoms with E-state index >= 15 is 0 Å². The topological polar surface area (TPSA) is 20.2 Å². The van der Waals surface area contributed by atoms with Crippen molar-refractivity contribution in [1.29, 1.82) is 0 Å². The molecule has 19 heavy (non-hydrogen) atoms. The maximum atomic E-state index is 9.38. The van der Waals surface area contributed by atoms with Crippen LogP contribution in [0.2, 0.25) is 5.44 Å². The van der Waals surface area contributed by atoms with E-state index in [0.29, 0.717) is 0 Å². The monoisotopic (exact) mass is 505 g/mol. The Balaban J connectivity index is 0.000000342. The molecule has 0 aliphatic heterocycles. The van der Waals surface area contributed by atoms with Gasteiger partial charge in [0.05, 0.1) is 0 Å². The molecule has 1 rings (SSSR count). The van der Waals surface area contributed by atoms with E-state index in [0.717, 1.165) is 18.7 Å². The number of allylic oxidation sites excluding steroid dienone is 4. The van der Waals surface area contributed by atoms with Crippen molar-refractivity contribution in [2.75, 3.05) is 12.3 Å². The van der Waals surface area contributed by atoms with Crippen LogP contribution in [-0.2, 0) is 13.3 Å². The van der Waals surface area contributed by atoms with Crippen molar-refractivity contribution < 1.29 is 18.2 Å². The average Bonchev–Trinajstić information content (AvgIpc) is 2.88. The summed E-state index contributed by atoms with van der Waals surface area (Å²) in [6.07, 6.45) is 14.1. The first-order valence-corrected chi connectivity index (χ1v) is 17.9. The van der Waals surface area contributed by atoms with E-state index in [4.69, 9.17) is 19.2 Å². The summed E-state index contributed by atoms with van der Waals surface area (Å²) >= 11 is -2.44. The molecule has 0 bridgehead atoms. The normalized spacial score (nSPS) is 15.2. The molecule has 0 saturated carbocycles. The number of halogens is 2. The molecule has 5 heteroatoms. The van der Waals surface area contributed by atoms with Crippen molar-refractivity contribution in [3.05, 3.63) is 22.3 Å². The predicted molar refractivity (Wildman–Crippen MR) is 88.1 cm³/mol. The summed E-state index contributed by atoms with van der Waals surface area (Å²) in [5.41, 5.74) is 1.97. The van der Waals surface area contributed by atoms with Crippen LogP contribution < -0.4 is 0 Å². The van der Waals surface area contributed by atoms with Crippen molar-refractivity contribution in [1.82, 2.24) is 0 Å². The Morgan fingerprint density at radius 2 is 1.74 bits per heavy atom. The summed E-state index contributed by atoms with van der Waals surface area (Å²) < 4.78 is 1.26. The molecule has 1 aliphatic rings. The second-order valence-electron chi connectivity index (χ2n) is 4.47. The summed E-state index contributed by atoms with van der Waals surface area (Å²) in [7, 11) is 11.4. The van der Waals surface area contributed by atoms with Crippen molar-refractivity contribution in [2.24, 2.45) is 0 Å². The minimum atomic E-state index is -2.44. The van der Waals surface area contributed by atoms with Crippen molar-refractivity contribution >= 4 is 27.3 Å². The zero-order valence-electron chi connectivity index (χ0n) is 12.2. The standard InChI is InChI=1S/C8H19OP.C5H5.CH3.2ClH.Ir/c1-3-5-7-10(9)8-6-4-2;1-2-4-5-3-1;;;;/h9H,3-8H2,1-2H3;1-3H,4H2;1H3;2*1H;/q;;;;;+2/p-2. The van der Waals surface area contributed by atoms with Gasteiger partial charge in [0.25, 0.3) is 0 Å². The van der Waals surface area contributed by atoms with Crippen LogP contribution in [0.5, 0.6) is 0 Å². The summed E-state index contributed by atoms with van der Waals surface area (Å²) in [4.78, 5) is 9.38. The zero-order chi connectivity index (χ0) is 14.7. The Hall–Kier alpha value is 1.10. The third-order valence-electron chi connectivity index (χ3n) is 2.62. The Kier molecular flexibility index (Phi) is 12.4. The molecule has 1 nitrogen and oxygen atoms in total. The van der Waals surface area contributed by atoms with Crippen LogP contribution in [0.15, 0.2) is 22.3 Å². The quantitative estimate of drug-likeness (QED) is 0.402. The first-order chi connectivity index (χ1) is 8.91. The Morgan fingerprint density at radius 1 is 1.21 bits per heavy atom. The third kappa shape index (κ3) is 11.4. The van der Waals surface area contributed by atoms with E-state index in [9.17, 15) is 4.89 Å². The second-order valence-corrected chi connectivity index (χ2v) is 21.5. The molecular weight excluding hydrogens is 478 g/mol. The van der Waals surface area contributed by atoms with Crippen LogP contribution in [0.25, 0.3) is 0 Å². The maximum absolute atomic E-state index is 9.38. The van der Waals surface area contributed by atoms with Crippen LogP contribution >= 0.6 is 27.3 Å². The van der Waals surface area contributed by atoms with Gasteiger partial charge in [0, 0.05) is 8.15 Å². The Morgan fingerprint density at radius 3 is 2.00 bits per heavy atom. The molecule has 0 atom stereocenters. The number of unbranched alkanes of at least 4 members (excludes halogenated alkanes) is 2. The molecule has 0 saturated heterocycles. The van der Waals surface area contributed by atoms with Gasteiger partial charge in [0.15, 0.2) is 0 Å². The van der Waals surface area contributed by atoms with Gasteiger partial charge in [-0.2, -0.15) is 0 Å². The predicted octanol–water partition coefficient (Wildman–Crippen LogP) is 6.32. The van der Waals surface area contributed by atoms with Gasteiger partial charge in [-0.25, -0.2) is 0 Å². The van der Waals surface area contributed by atoms with Crippen LogP contribution in [0.1, 0.15) is 46.0 Å². The fraction of sp³-hybridized carbons (Fsp3) is 0.714. The fourth-order valence-corrected chi connectivity index (χ4v) is 6.61. The molecule has 117 valence electrons. The molecule has 0 aromatic carbocycles. The van der Waals surface area contributed by atoms with Gasteiger partial charge < -0.3 is 4.89 Å². The molecular formula is C14H27Cl2IrOP.